The van der Waals surface area contributed by atoms with Crippen LogP contribution in [0.15, 0.2) is 97.6 Å². The maximum atomic E-state index is 4.18. The number of aromatic nitrogens is 4. The Hall–Kier alpha value is -2.41. The molecule has 0 amide bonds. The minimum absolute atomic E-state index is 0. The summed E-state index contributed by atoms with van der Waals surface area (Å²) in [7, 11) is 0. The van der Waals surface area contributed by atoms with Crippen LogP contribution in [0.3, 0.4) is 0 Å². The SMILES string of the molecule is [CH3-].[CH3-].[Zn+2].[Zn+2].c1ccc([CH-]c2ccccn2)nc1.c1ccc([CH-]c2ccccn2)nc1. The zero-order chi connectivity index (χ0) is 17.9. The summed E-state index contributed by atoms with van der Waals surface area (Å²) in [5, 5.41) is 0. The first kappa shape index (κ1) is 29.8. The minimum atomic E-state index is 0. The normalized spacial score (nSPS) is 8.27. The van der Waals surface area contributed by atoms with E-state index in [0.717, 1.165) is 22.8 Å². The molecule has 0 fully saturated rings. The van der Waals surface area contributed by atoms with E-state index in [0.29, 0.717) is 0 Å². The van der Waals surface area contributed by atoms with E-state index in [1.807, 2.05) is 85.6 Å². The van der Waals surface area contributed by atoms with E-state index >= 15 is 0 Å². The van der Waals surface area contributed by atoms with Crippen LogP contribution in [0, 0.1) is 27.7 Å². The van der Waals surface area contributed by atoms with Crippen molar-refractivity contribution >= 4 is 0 Å². The van der Waals surface area contributed by atoms with Gasteiger partial charge in [0, 0.05) is 24.8 Å². The molecule has 0 spiro atoms. The number of nitrogens with zero attached hydrogens (tertiary/aromatic N) is 4. The van der Waals surface area contributed by atoms with Gasteiger partial charge in [0.2, 0.25) is 0 Å². The topological polar surface area (TPSA) is 51.6 Å². The van der Waals surface area contributed by atoms with Gasteiger partial charge in [-0.3, -0.25) is 19.9 Å². The molecule has 0 aliphatic heterocycles. The van der Waals surface area contributed by atoms with Crippen LogP contribution < -0.4 is 0 Å². The Labute approximate surface area is 206 Å². The third-order valence-electron chi connectivity index (χ3n) is 3.34. The van der Waals surface area contributed by atoms with E-state index < -0.39 is 0 Å². The fourth-order valence-corrected chi connectivity index (χ4v) is 2.15. The molecule has 6 heteroatoms. The molecular formula is C24H24N4Zn2. The Morgan fingerprint density at radius 3 is 0.800 bits per heavy atom. The summed E-state index contributed by atoms with van der Waals surface area (Å²) in [6, 6.07) is 23.2. The molecule has 4 heterocycles. The van der Waals surface area contributed by atoms with E-state index in [1.165, 1.54) is 0 Å². The van der Waals surface area contributed by atoms with Crippen LogP contribution in [0.1, 0.15) is 22.8 Å². The molecule has 0 unspecified atom stereocenters. The summed E-state index contributed by atoms with van der Waals surface area (Å²) in [6.07, 6.45) is 11.0. The van der Waals surface area contributed by atoms with Crippen LogP contribution in [0.2, 0.25) is 0 Å². The largest absolute Gasteiger partial charge is 2.00 e. The van der Waals surface area contributed by atoms with Crippen LogP contribution in [0.25, 0.3) is 0 Å². The molecule has 0 aliphatic carbocycles. The van der Waals surface area contributed by atoms with Crippen molar-refractivity contribution in [1.82, 2.24) is 19.9 Å². The summed E-state index contributed by atoms with van der Waals surface area (Å²) in [5.74, 6) is 0. The molecule has 0 aromatic carbocycles. The first-order chi connectivity index (χ1) is 12.9. The second-order valence-corrected chi connectivity index (χ2v) is 5.31. The first-order valence-corrected chi connectivity index (χ1v) is 8.24. The van der Waals surface area contributed by atoms with Gasteiger partial charge in [-0.05, 0) is 22.8 Å². The van der Waals surface area contributed by atoms with Crippen molar-refractivity contribution in [3.8, 4) is 0 Å². The number of pyridine rings is 4. The van der Waals surface area contributed by atoms with Crippen LogP contribution in [0.4, 0.5) is 0 Å². The van der Waals surface area contributed by atoms with Gasteiger partial charge in [0.05, 0.1) is 0 Å². The minimum Gasteiger partial charge on any atom is -0.358 e. The van der Waals surface area contributed by atoms with Gasteiger partial charge in [-0.2, -0.15) is 0 Å². The molecule has 0 N–H and O–H groups in total. The van der Waals surface area contributed by atoms with Crippen molar-refractivity contribution in [2.75, 3.05) is 0 Å². The van der Waals surface area contributed by atoms with Gasteiger partial charge in [0.25, 0.3) is 0 Å². The second-order valence-electron chi connectivity index (χ2n) is 5.31. The van der Waals surface area contributed by atoms with Gasteiger partial charge < -0.3 is 14.9 Å². The summed E-state index contributed by atoms with van der Waals surface area (Å²) < 4.78 is 0. The van der Waals surface area contributed by atoms with Gasteiger partial charge in [0.1, 0.15) is 0 Å². The molecule has 30 heavy (non-hydrogen) atoms. The van der Waals surface area contributed by atoms with Crippen LogP contribution in [-0.4, -0.2) is 19.9 Å². The molecule has 4 aromatic rings. The average Bonchev–Trinajstić information content (AvgIpc) is 2.72. The average molecular weight is 499 g/mol. The molecule has 4 nitrogen and oxygen atoms in total. The van der Waals surface area contributed by atoms with Crippen LogP contribution in [0.5, 0.6) is 0 Å². The molecule has 4 rings (SSSR count). The van der Waals surface area contributed by atoms with Crippen molar-refractivity contribution in [3.63, 3.8) is 0 Å². The van der Waals surface area contributed by atoms with Crippen molar-refractivity contribution in [3.05, 3.63) is 148 Å². The van der Waals surface area contributed by atoms with Gasteiger partial charge in [0.15, 0.2) is 0 Å². The Kier molecular flexibility index (Phi) is 17.3. The van der Waals surface area contributed by atoms with Crippen molar-refractivity contribution in [2.45, 2.75) is 0 Å². The maximum absolute atomic E-state index is 4.18. The third-order valence-corrected chi connectivity index (χ3v) is 3.34. The van der Waals surface area contributed by atoms with Crippen LogP contribution >= 0.6 is 0 Å². The predicted octanol–water partition coefficient (Wildman–Crippen LogP) is 5.05. The summed E-state index contributed by atoms with van der Waals surface area (Å²) >= 11 is 0. The van der Waals surface area contributed by atoms with Gasteiger partial charge in [-0.15, -0.1) is 61.4 Å². The first-order valence-electron chi connectivity index (χ1n) is 8.24. The van der Waals surface area contributed by atoms with E-state index in [-0.39, 0.29) is 53.8 Å². The monoisotopic (exact) mass is 496 g/mol. The smallest absolute Gasteiger partial charge is 0.358 e. The zero-order valence-electron chi connectivity index (χ0n) is 17.6. The van der Waals surface area contributed by atoms with Gasteiger partial charge in [-0.25, -0.2) is 0 Å². The van der Waals surface area contributed by atoms with E-state index in [1.54, 1.807) is 24.8 Å². The standard InChI is InChI=1S/2C11H9N2.2CH3.2Zn/c2*1-3-7-12-10(5-1)9-11-6-2-4-8-13-11;;;;/h2*1-9H;2*1H3;;/q4*-1;2*+2. The van der Waals surface area contributed by atoms with Crippen molar-refractivity contribution < 1.29 is 39.0 Å². The second kappa shape index (κ2) is 17.4. The number of hydrogen-bond acceptors (Lipinski definition) is 4. The molecule has 0 bridgehead atoms. The molecule has 4 aromatic heterocycles. The van der Waals surface area contributed by atoms with E-state index in [9.17, 15) is 0 Å². The molecular weight excluding hydrogens is 475 g/mol. The summed E-state index contributed by atoms with van der Waals surface area (Å²) in [6.45, 7) is 0. The Morgan fingerprint density at radius 1 is 0.400 bits per heavy atom. The van der Waals surface area contributed by atoms with E-state index in [4.69, 9.17) is 0 Å². The summed E-state index contributed by atoms with van der Waals surface area (Å²) in [5.41, 5.74) is 3.73. The third kappa shape index (κ3) is 10.9. The molecule has 0 saturated heterocycles. The Morgan fingerprint density at radius 2 is 0.633 bits per heavy atom. The number of rotatable bonds is 4. The van der Waals surface area contributed by atoms with Gasteiger partial charge in [-0.1, -0.05) is 24.3 Å². The fourth-order valence-electron chi connectivity index (χ4n) is 2.15. The van der Waals surface area contributed by atoms with Crippen LogP contribution in [-0.2, 0) is 39.0 Å². The molecule has 144 valence electrons. The Bertz CT molecular complexity index is 726. The predicted molar refractivity (Wildman–Crippen MR) is 115 cm³/mol. The molecule has 0 atom stereocenters. The van der Waals surface area contributed by atoms with Crippen molar-refractivity contribution in [2.24, 2.45) is 0 Å². The quantitative estimate of drug-likeness (QED) is 0.292. The molecule has 0 aliphatic rings. The number of hydrogen-bond donors (Lipinski definition) is 0. The van der Waals surface area contributed by atoms with E-state index in [2.05, 4.69) is 19.9 Å². The summed E-state index contributed by atoms with van der Waals surface area (Å²) in [4.78, 5) is 16.7. The molecule has 0 radical (unpaired) electrons. The Balaban J connectivity index is 0. The fraction of sp³-hybridized carbons (Fsp3) is 0. The zero-order valence-corrected chi connectivity index (χ0v) is 23.5. The van der Waals surface area contributed by atoms with Crippen molar-refractivity contribution in [1.29, 1.82) is 0 Å². The molecule has 0 saturated carbocycles. The maximum Gasteiger partial charge on any atom is 2.00 e. The van der Waals surface area contributed by atoms with Gasteiger partial charge >= 0.3 is 39.0 Å².